The first-order valence-electron chi connectivity index (χ1n) is 7.45. The standard InChI is InChI=1S/C16H28O4/c1-7-17-15(18-8-2)11-13(5)16(19-9-3,20-10-4)14(6)12-15/h11-12H,7-10H2,1-6H3. The van der Waals surface area contributed by atoms with Crippen LogP contribution in [0.4, 0.5) is 0 Å². The maximum Gasteiger partial charge on any atom is 0.213 e. The number of rotatable bonds is 8. The van der Waals surface area contributed by atoms with Crippen molar-refractivity contribution < 1.29 is 18.9 Å². The van der Waals surface area contributed by atoms with Crippen molar-refractivity contribution in [3.8, 4) is 0 Å². The summed E-state index contributed by atoms with van der Waals surface area (Å²) < 4.78 is 23.5. The summed E-state index contributed by atoms with van der Waals surface area (Å²) in [6, 6.07) is 0. The summed E-state index contributed by atoms with van der Waals surface area (Å²) in [5.74, 6) is -1.60. The average Bonchev–Trinajstić information content (AvgIpc) is 2.37. The van der Waals surface area contributed by atoms with Crippen LogP contribution in [0, 0.1) is 0 Å². The van der Waals surface area contributed by atoms with Crippen LogP contribution in [0.15, 0.2) is 23.3 Å². The van der Waals surface area contributed by atoms with Gasteiger partial charge in [-0.15, -0.1) is 0 Å². The molecule has 0 heterocycles. The van der Waals surface area contributed by atoms with Crippen LogP contribution in [-0.2, 0) is 18.9 Å². The van der Waals surface area contributed by atoms with Gasteiger partial charge in [0.25, 0.3) is 0 Å². The summed E-state index contributed by atoms with van der Waals surface area (Å²) in [4.78, 5) is 0. The normalized spacial score (nSPS) is 20.5. The lowest BCUT2D eigenvalue weighted by Crippen LogP contribution is -2.46. The molecule has 1 aliphatic rings. The van der Waals surface area contributed by atoms with Crippen LogP contribution < -0.4 is 0 Å². The maximum absolute atomic E-state index is 5.92. The van der Waals surface area contributed by atoms with Crippen molar-refractivity contribution in [3.63, 3.8) is 0 Å². The molecule has 20 heavy (non-hydrogen) atoms. The molecule has 0 aromatic carbocycles. The zero-order valence-corrected chi connectivity index (χ0v) is 13.6. The van der Waals surface area contributed by atoms with E-state index in [0.717, 1.165) is 11.1 Å². The first-order valence-corrected chi connectivity index (χ1v) is 7.45. The minimum absolute atomic E-state index is 0.573. The summed E-state index contributed by atoms with van der Waals surface area (Å²) >= 11 is 0. The van der Waals surface area contributed by atoms with Crippen LogP contribution in [0.3, 0.4) is 0 Å². The van der Waals surface area contributed by atoms with Crippen molar-refractivity contribution in [2.75, 3.05) is 26.4 Å². The summed E-state index contributed by atoms with van der Waals surface area (Å²) in [5, 5.41) is 0. The van der Waals surface area contributed by atoms with Crippen molar-refractivity contribution >= 4 is 0 Å². The van der Waals surface area contributed by atoms with Crippen LogP contribution >= 0.6 is 0 Å². The van der Waals surface area contributed by atoms with E-state index in [1.54, 1.807) is 0 Å². The largest absolute Gasteiger partial charge is 0.343 e. The van der Waals surface area contributed by atoms with Gasteiger partial charge in [0.1, 0.15) is 0 Å². The van der Waals surface area contributed by atoms with Crippen molar-refractivity contribution in [2.45, 2.75) is 53.1 Å². The fourth-order valence-electron chi connectivity index (χ4n) is 2.71. The Labute approximate surface area is 122 Å². The molecule has 0 bridgehead atoms. The minimum atomic E-state index is -0.810. The lowest BCUT2D eigenvalue weighted by Gasteiger charge is -2.42. The van der Waals surface area contributed by atoms with Gasteiger partial charge in [0, 0.05) is 26.4 Å². The zero-order chi connectivity index (χ0) is 15.2. The monoisotopic (exact) mass is 284 g/mol. The third kappa shape index (κ3) is 3.31. The Morgan fingerprint density at radius 2 is 1.05 bits per heavy atom. The highest BCUT2D eigenvalue weighted by molar-refractivity contribution is 5.37. The van der Waals surface area contributed by atoms with Crippen LogP contribution in [0.25, 0.3) is 0 Å². The molecular weight excluding hydrogens is 256 g/mol. The van der Waals surface area contributed by atoms with E-state index in [1.165, 1.54) is 0 Å². The number of hydrogen-bond donors (Lipinski definition) is 0. The Bertz CT molecular complexity index is 335. The third-order valence-corrected chi connectivity index (χ3v) is 3.31. The Morgan fingerprint density at radius 1 is 0.700 bits per heavy atom. The fraction of sp³-hybridized carbons (Fsp3) is 0.750. The molecule has 0 radical (unpaired) electrons. The molecule has 0 aliphatic heterocycles. The maximum atomic E-state index is 5.92. The SMILES string of the molecule is CCOC1(OCC)C=C(C)C(OCC)(OCC)C(C)=C1. The van der Waals surface area contributed by atoms with Gasteiger partial charge in [-0.05, 0) is 64.8 Å². The van der Waals surface area contributed by atoms with Crippen molar-refractivity contribution in [1.29, 1.82) is 0 Å². The lowest BCUT2D eigenvalue weighted by molar-refractivity contribution is -0.202. The van der Waals surface area contributed by atoms with Crippen LogP contribution in [0.2, 0.25) is 0 Å². The van der Waals surface area contributed by atoms with Gasteiger partial charge in [0.15, 0.2) is 0 Å². The first kappa shape index (κ1) is 17.4. The van der Waals surface area contributed by atoms with Gasteiger partial charge in [-0.1, -0.05) is 0 Å². The average molecular weight is 284 g/mol. The minimum Gasteiger partial charge on any atom is -0.343 e. The summed E-state index contributed by atoms with van der Waals surface area (Å²) in [7, 11) is 0. The molecular formula is C16H28O4. The second-order valence-corrected chi connectivity index (χ2v) is 4.72. The molecule has 0 spiro atoms. The fourth-order valence-corrected chi connectivity index (χ4v) is 2.71. The molecule has 0 atom stereocenters. The van der Waals surface area contributed by atoms with E-state index in [1.807, 2.05) is 53.7 Å². The molecule has 0 amide bonds. The van der Waals surface area contributed by atoms with Crippen molar-refractivity contribution in [2.24, 2.45) is 0 Å². The van der Waals surface area contributed by atoms with Gasteiger partial charge < -0.3 is 18.9 Å². The molecule has 116 valence electrons. The highest BCUT2D eigenvalue weighted by Crippen LogP contribution is 2.39. The highest BCUT2D eigenvalue weighted by Gasteiger charge is 2.44. The molecule has 0 unspecified atom stereocenters. The summed E-state index contributed by atoms with van der Waals surface area (Å²) in [5.41, 5.74) is 1.92. The predicted molar refractivity (Wildman–Crippen MR) is 79.5 cm³/mol. The van der Waals surface area contributed by atoms with E-state index in [-0.39, 0.29) is 0 Å². The lowest BCUT2D eigenvalue weighted by atomic mass is 9.89. The van der Waals surface area contributed by atoms with Gasteiger partial charge in [0.05, 0.1) is 0 Å². The second-order valence-electron chi connectivity index (χ2n) is 4.72. The number of hydrogen-bond acceptors (Lipinski definition) is 4. The summed E-state index contributed by atoms with van der Waals surface area (Å²) in [6.07, 6.45) is 3.91. The molecule has 4 heteroatoms. The van der Waals surface area contributed by atoms with Gasteiger partial charge in [-0.3, -0.25) is 0 Å². The third-order valence-electron chi connectivity index (χ3n) is 3.31. The quantitative estimate of drug-likeness (QED) is 0.505. The van der Waals surface area contributed by atoms with E-state index in [9.17, 15) is 0 Å². The highest BCUT2D eigenvalue weighted by atomic mass is 16.7. The first-order chi connectivity index (χ1) is 9.50. The topological polar surface area (TPSA) is 36.9 Å². The smallest absolute Gasteiger partial charge is 0.213 e. The molecule has 1 aliphatic carbocycles. The Hall–Kier alpha value is -0.680. The number of ether oxygens (including phenoxy) is 4. The van der Waals surface area contributed by atoms with Crippen LogP contribution in [-0.4, -0.2) is 38.0 Å². The molecule has 0 saturated carbocycles. The molecule has 0 N–H and O–H groups in total. The predicted octanol–water partition coefficient (Wildman–Crippen LogP) is 3.43. The van der Waals surface area contributed by atoms with Gasteiger partial charge in [0.2, 0.25) is 11.6 Å². The van der Waals surface area contributed by atoms with Crippen LogP contribution in [0.1, 0.15) is 41.5 Å². The van der Waals surface area contributed by atoms with E-state index >= 15 is 0 Å². The molecule has 0 aromatic heterocycles. The molecule has 1 rings (SSSR count). The van der Waals surface area contributed by atoms with Gasteiger partial charge in [-0.2, -0.15) is 0 Å². The van der Waals surface area contributed by atoms with E-state index in [4.69, 9.17) is 18.9 Å². The van der Waals surface area contributed by atoms with E-state index in [0.29, 0.717) is 26.4 Å². The van der Waals surface area contributed by atoms with E-state index in [2.05, 4.69) is 0 Å². The van der Waals surface area contributed by atoms with Crippen molar-refractivity contribution in [3.05, 3.63) is 23.3 Å². The Balaban J connectivity index is 3.21. The molecule has 0 saturated heterocycles. The second kappa shape index (κ2) is 7.36. The molecule has 4 nitrogen and oxygen atoms in total. The van der Waals surface area contributed by atoms with Crippen molar-refractivity contribution in [1.82, 2.24) is 0 Å². The Morgan fingerprint density at radius 3 is 1.35 bits per heavy atom. The zero-order valence-electron chi connectivity index (χ0n) is 13.6. The Kier molecular flexibility index (Phi) is 6.40. The molecule has 0 aromatic rings. The van der Waals surface area contributed by atoms with E-state index < -0.39 is 11.6 Å². The van der Waals surface area contributed by atoms with Crippen LogP contribution in [0.5, 0.6) is 0 Å². The van der Waals surface area contributed by atoms with Gasteiger partial charge in [-0.25, -0.2) is 0 Å². The van der Waals surface area contributed by atoms with Gasteiger partial charge >= 0.3 is 0 Å². The summed E-state index contributed by atoms with van der Waals surface area (Å²) in [6.45, 7) is 14.1. The molecule has 0 fully saturated rings.